The molecule has 0 N–H and O–H groups in total. The Hall–Kier alpha value is -1.15. The van der Waals surface area contributed by atoms with E-state index < -0.39 is 0 Å². The third kappa shape index (κ3) is 3.24. The van der Waals surface area contributed by atoms with Gasteiger partial charge in [-0.1, -0.05) is 25.0 Å². The van der Waals surface area contributed by atoms with Crippen molar-refractivity contribution in [3.63, 3.8) is 0 Å². The summed E-state index contributed by atoms with van der Waals surface area (Å²) >= 11 is 0. The second-order valence-corrected chi connectivity index (χ2v) is 7.83. The van der Waals surface area contributed by atoms with Crippen molar-refractivity contribution in [2.75, 3.05) is 13.1 Å². The quantitative estimate of drug-likeness (QED) is 0.609. The summed E-state index contributed by atoms with van der Waals surface area (Å²) < 4.78 is 0. The first-order chi connectivity index (χ1) is 11.3. The van der Waals surface area contributed by atoms with E-state index in [9.17, 15) is 4.79 Å². The Balaban J connectivity index is 1.48. The van der Waals surface area contributed by atoms with Gasteiger partial charge in [0.05, 0.1) is 0 Å². The van der Waals surface area contributed by atoms with E-state index in [1.165, 1.54) is 69.0 Å². The lowest BCUT2D eigenvalue weighted by atomic mass is 9.84. The Morgan fingerprint density at radius 1 is 0.913 bits per heavy atom. The van der Waals surface area contributed by atoms with Gasteiger partial charge < -0.3 is 0 Å². The number of likely N-dealkylation sites (tertiary alicyclic amines) is 1. The monoisotopic (exact) mass is 311 g/mol. The Kier molecular flexibility index (Phi) is 4.52. The molecule has 1 aliphatic heterocycles. The predicted octanol–water partition coefficient (Wildman–Crippen LogP) is 4.40. The normalized spacial score (nSPS) is 26.2. The molecule has 0 aromatic heterocycles. The molecule has 4 rings (SSSR count). The molecule has 1 unspecified atom stereocenters. The van der Waals surface area contributed by atoms with Crippen LogP contribution in [0.2, 0.25) is 0 Å². The molecule has 23 heavy (non-hydrogen) atoms. The highest BCUT2D eigenvalue weighted by Crippen LogP contribution is 2.31. The fourth-order valence-electron chi connectivity index (χ4n) is 4.60. The molecular weight excluding hydrogens is 282 g/mol. The van der Waals surface area contributed by atoms with E-state index in [0.29, 0.717) is 5.78 Å². The average molecular weight is 311 g/mol. The fourth-order valence-corrected chi connectivity index (χ4v) is 4.60. The van der Waals surface area contributed by atoms with Crippen molar-refractivity contribution in [1.29, 1.82) is 0 Å². The van der Waals surface area contributed by atoms with Gasteiger partial charge in [0.15, 0.2) is 5.78 Å². The molecule has 1 atom stereocenters. The van der Waals surface area contributed by atoms with Crippen molar-refractivity contribution in [3.8, 4) is 0 Å². The molecule has 3 aliphatic rings. The van der Waals surface area contributed by atoms with E-state index in [1.54, 1.807) is 0 Å². The summed E-state index contributed by atoms with van der Waals surface area (Å²) in [4.78, 5) is 15.6. The van der Waals surface area contributed by atoms with Gasteiger partial charge in [-0.05, 0) is 75.1 Å². The van der Waals surface area contributed by atoms with E-state index in [4.69, 9.17) is 0 Å². The highest BCUT2D eigenvalue weighted by atomic mass is 16.1. The topological polar surface area (TPSA) is 20.3 Å². The van der Waals surface area contributed by atoms with Crippen LogP contribution >= 0.6 is 0 Å². The van der Waals surface area contributed by atoms with Gasteiger partial charge in [0.25, 0.3) is 0 Å². The highest BCUT2D eigenvalue weighted by molar-refractivity contribution is 5.98. The molecule has 1 heterocycles. The number of benzene rings is 1. The zero-order valence-electron chi connectivity index (χ0n) is 14.2. The van der Waals surface area contributed by atoms with Crippen molar-refractivity contribution in [2.24, 2.45) is 5.92 Å². The van der Waals surface area contributed by atoms with Gasteiger partial charge in [0, 0.05) is 24.1 Å². The van der Waals surface area contributed by atoms with E-state index >= 15 is 0 Å². The first kappa shape index (κ1) is 15.4. The molecule has 2 heteroatoms. The third-order valence-corrected chi connectivity index (χ3v) is 6.30. The first-order valence-electron chi connectivity index (χ1n) is 9.71. The molecule has 0 radical (unpaired) electrons. The molecule has 1 saturated carbocycles. The average Bonchev–Trinajstić information content (AvgIpc) is 2.77. The Bertz CT molecular complexity index is 575. The lowest BCUT2D eigenvalue weighted by Gasteiger charge is -2.42. The second kappa shape index (κ2) is 6.76. The number of piperidine rings is 1. The minimum absolute atomic E-state index is 0.230. The van der Waals surface area contributed by atoms with Crippen LogP contribution in [0.1, 0.15) is 72.9 Å². The maximum absolute atomic E-state index is 13.0. The van der Waals surface area contributed by atoms with Crippen LogP contribution in [0.25, 0.3) is 0 Å². The fraction of sp³-hybridized carbons (Fsp3) is 0.667. The maximum Gasteiger partial charge on any atom is 0.167 e. The van der Waals surface area contributed by atoms with Crippen LogP contribution in [0.15, 0.2) is 18.2 Å². The van der Waals surface area contributed by atoms with E-state index in [1.807, 2.05) is 0 Å². The van der Waals surface area contributed by atoms with Crippen molar-refractivity contribution in [1.82, 2.24) is 4.90 Å². The van der Waals surface area contributed by atoms with E-state index in [-0.39, 0.29) is 5.92 Å². The van der Waals surface area contributed by atoms with Crippen LogP contribution in [0.3, 0.4) is 0 Å². The summed E-state index contributed by atoms with van der Waals surface area (Å²) in [5, 5.41) is 0. The second-order valence-electron chi connectivity index (χ2n) is 7.83. The number of hydrogen-bond acceptors (Lipinski definition) is 2. The zero-order chi connectivity index (χ0) is 15.6. The van der Waals surface area contributed by atoms with Crippen molar-refractivity contribution < 1.29 is 4.79 Å². The number of nitrogens with zero attached hydrogens (tertiary/aromatic N) is 1. The molecule has 0 bridgehead atoms. The summed E-state index contributed by atoms with van der Waals surface area (Å²) in [6.07, 6.45) is 12.6. The zero-order valence-corrected chi connectivity index (χ0v) is 14.2. The molecule has 2 nitrogen and oxygen atoms in total. The van der Waals surface area contributed by atoms with Gasteiger partial charge in [0.1, 0.15) is 0 Å². The predicted molar refractivity (Wildman–Crippen MR) is 94.0 cm³/mol. The SMILES string of the molecule is O=C(c1ccc2c(c1)CCCCC2)C1CCCN(C2CCC2)C1. The van der Waals surface area contributed by atoms with Crippen LogP contribution in [0.5, 0.6) is 0 Å². The van der Waals surface area contributed by atoms with Gasteiger partial charge in [-0.15, -0.1) is 0 Å². The van der Waals surface area contributed by atoms with Gasteiger partial charge in [0.2, 0.25) is 0 Å². The van der Waals surface area contributed by atoms with Crippen LogP contribution in [-0.2, 0) is 12.8 Å². The largest absolute Gasteiger partial charge is 0.300 e. The molecular formula is C21H29NO. The summed E-state index contributed by atoms with van der Waals surface area (Å²) in [6.45, 7) is 2.21. The molecule has 124 valence electrons. The van der Waals surface area contributed by atoms with Gasteiger partial charge in [-0.25, -0.2) is 0 Å². The molecule has 1 aromatic carbocycles. The maximum atomic E-state index is 13.0. The smallest absolute Gasteiger partial charge is 0.167 e. The van der Waals surface area contributed by atoms with Crippen molar-refractivity contribution >= 4 is 5.78 Å². The van der Waals surface area contributed by atoms with Crippen LogP contribution in [0.4, 0.5) is 0 Å². The molecule has 1 aromatic rings. The van der Waals surface area contributed by atoms with Gasteiger partial charge in [-0.3, -0.25) is 9.69 Å². The molecule has 0 spiro atoms. The van der Waals surface area contributed by atoms with Crippen LogP contribution in [0, 0.1) is 5.92 Å². The third-order valence-electron chi connectivity index (χ3n) is 6.30. The minimum atomic E-state index is 0.230. The molecule has 1 saturated heterocycles. The van der Waals surface area contributed by atoms with Crippen LogP contribution in [-0.4, -0.2) is 29.8 Å². The number of hydrogen-bond donors (Lipinski definition) is 0. The lowest BCUT2D eigenvalue weighted by molar-refractivity contribution is 0.0612. The van der Waals surface area contributed by atoms with Gasteiger partial charge in [-0.2, -0.15) is 0 Å². The summed E-state index contributed by atoms with van der Waals surface area (Å²) in [5.74, 6) is 0.634. The number of ketones is 1. The lowest BCUT2D eigenvalue weighted by Crippen LogP contribution is -2.47. The standard InChI is InChI=1S/C21H29NO/c23-21(19-8-5-13-22(15-19)20-9-4-10-20)18-12-11-16-6-2-1-3-7-17(16)14-18/h11-12,14,19-20H,1-10,13,15H2. The van der Waals surface area contributed by atoms with Gasteiger partial charge >= 0.3 is 0 Å². The highest BCUT2D eigenvalue weighted by Gasteiger charge is 2.32. The van der Waals surface area contributed by atoms with Crippen molar-refractivity contribution in [3.05, 3.63) is 34.9 Å². The van der Waals surface area contributed by atoms with Crippen molar-refractivity contribution in [2.45, 2.75) is 70.3 Å². The van der Waals surface area contributed by atoms with E-state index in [0.717, 1.165) is 31.0 Å². The molecule has 0 amide bonds. The number of carbonyl (C=O) groups excluding carboxylic acids is 1. The minimum Gasteiger partial charge on any atom is -0.300 e. The Morgan fingerprint density at radius 3 is 2.52 bits per heavy atom. The number of fused-ring (bicyclic) bond motifs is 1. The number of aryl methyl sites for hydroxylation is 2. The number of carbonyl (C=O) groups is 1. The Labute approximate surface area is 140 Å². The summed E-state index contributed by atoms with van der Waals surface area (Å²) in [6, 6.07) is 7.35. The summed E-state index contributed by atoms with van der Waals surface area (Å²) in [7, 11) is 0. The number of Topliss-reactive ketones (excluding diaryl/α,β-unsaturated/α-hetero) is 1. The van der Waals surface area contributed by atoms with Crippen LogP contribution < -0.4 is 0 Å². The first-order valence-corrected chi connectivity index (χ1v) is 9.71. The molecule has 2 fully saturated rings. The Morgan fingerprint density at radius 2 is 1.74 bits per heavy atom. The summed E-state index contributed by atoms with van der Waals surface area (Å²) in [5.41, 5.74) is 3.91. The molecule has 2 aliphatic carbocycles. The van der Waals surface area contributed by atoms with E-state index in [2.05, 4.69) is 23.1 Å². The number of rotatable bonds is 3.